The molecule has 2 amide bonds. The molecule has 148 valence electrons. The van der Waals surface area contributed by atoms with Crippen molar-refractivity contribution in [1.82, 2.24) is 4.90 Å². The van der Waals surface area contributed by atoms with E-state index in [1.165, 1.54) is 24.3 Å². The van der Waals surface area contributed by atoms with Crippen LogP contribution >= 0.6 is 0 Å². The van der Waals surface area contributed by atoms with Crippen LogP contribution in [0.4, 0.5) is 10.1 Å². The lowest BCUT2D eigenvalue weighted by molar-refractivity contribution is -0.122. The Bertz CT molecular complexity index is 815. The van der Waals surface area contributed by atoms with Crippen molar-refractivity contribution in [3.63, 3.8) is 0 Å². The number of nitrogens with zero attached hydrogens (tertiary/aromatic N) is 1. The van der Waals surface area contributed by atoms with E-state index < -0.39 is 6.10 Å². The van der Waals surface area contributed by atoms with Crippen LogP contribution in [-0.4, -0.2) is 35.9 Å². The third-order valence-electron chi connectivity index (χ3n) is 4.80. The number of nitrogens with one attached hydrogen (secondary N) is 1. The predicted molar refractivity (Wildman–Crippen MR) is 106 cm³/mol. The predicted octanol–water partition coefficient (Wildman–Crippen LogP) is 4.25. The maximum Gasteiger partial charge on any atom is 0.265 e. The number of carbonyl (C=O) groups excluding carboxylic acids is 2. The summed E-state index contributed by atoms with van der Waals surface area (Å²) >= 11 is 0. The molecule has 0 unspecified atom stereocenters. The summed E-state index contributed by atoms with van der Waals surface area (Å²) in [7, 11) is 0. The van der Waals surface area contributed by atoms with Crippen LogP contribution < -0.4 is 10.1 Å². The van der Waals surface area contributed by atoms with Crippen molar-refractivity contribution < 1.29 is 18.7 Å². The van der Waals surface area contributed by atoms with Crippen LogP contribution in [0.1, 0.15) is 43.0 Å². The van der Waals surface area contributed by atoms with E-state index in [2.05, 4.69) is 5.32 Å². The fourth-order valence-corrected chi connectivity index (χ4v) is 3.23. The Hall–Kier alpha value is -2.89. The molecule has 0 radical (unpaired) electrons. The Morgan fingerprint density at radius 1 is 1.00 bits per heavy atom. The van der Waals surface area contributed by atoms with Gasteiger partial charge in [-0.1, -0.05) is 25.0 Å². The molecular weight excluding hydrogens is 359 g/mol. The molecule has 1 atom stereocenters. The van der Waals surface area contributed by atoms with Gasteiger partial charge in [0.2, 0.25) is 0 Å². The minimum absolute atomic E-state index is 0.0649. The molecule has 2 aromatic rings. The molecular formula is C22H25FN2O3. The number of para-hydroxylation sites is 1. The fraction of sp³-hybridized carbons (Fsp3) is 0.364. The third-order valence-corrected chi connectivity index (χ3v) is 4.80. The molecule has 1 fully saturated rings. The van der Waals surface area contributed by atoms with E-state index in [4.69, 9.17) is 4.74 Å². The highest BCUT2D eigenvalue weighted by molar-refractivity contribution is 6.04. The van der Waals surface area contributed by atoms with Gasteiger partial charge in [-0.25, -0.2) is 4.39 Å². The van der Waals surface area contributed by atoms with Gasteiger partial charge >= 0.3 is 0 Å². The monoisotopic (exact) mass is 384 g/mol. The van der Waals surface area contributed by atoms with Gasteiger partial charge in [0.05, 0.1) is 11.3 Å². The van der Waals surface area contributed by atoms with Gasteiger partial charge in [-0.15, -0.1) is 0 Å². The Balaban J connectivity index is 1.68. The Morgan fingerprint density at radius 2 is 1.64 bits per heavy atom. The zero-order chi connectivity index (χ0) is 19.9. The first-order valence-corrected chi connectivity index (χ1v) is 9.66. The number of carbonyl (C=O) groups is 2. The number of amides is 2. The van der Waals surface area contributed by atoms with Crippen LogP contribution in [0.3, 0.4) is 0 Å². The molecule has 1 aliphatic heterocycles. The molecule has 0 aromatic heterocycles. The van der Waals surface area contributed by atoms with Gasteiger partial charge in [0.15, 0.2) is 6.10 Å². The minimum atomic E-state index is -0.799. The molecule has 28 heavy (non-hydrogen) atoms. The number of hydrogen-bond acceptors (Lipinski definition) is 3. The standard InChI is InChI=1S/C22H25FN2O3/c1-16(28-18-12-10-17(23)11-13-18)21(26)24-20-9-5-4-8-19(20)22(27)25-14-6-2-3-7-15-25/h4-5,8-13,16H,2-3,6-7,14-15H2,1H3,(H,24,26)/t16-/m0/s1. The zero-order valence-electron chi connectivity index (χ0n) is 16.0. The van der Waals surface area contributed by atoms with Gasteiger partial charge < -0.3 is 15.0 Å². The summed E-state index contributed by atoms with van der Waals surface area (Å²) in [4.78, 5) is 27.4. The van der Waals surface area contributed by atoms with Gasteiger partial charge in [0.1, 0.15) is 11.6 Å². The van der Waals surface area contributed by atoms with Crippen LogP contribution in [-0.2, 0) is 4.79 Å². The summed E-state index contributed by atoms with van der Waals surface area (Å²) < 4.78 is 18.6. The Morgan fingerprint density at radius 3 is 2.32 bits per heavy atom. The molecule has 0 aliphatic carbocycles. The van der Waals surface area contributed by atoms with Crippen LogP contribution in [0.2, 0.25) is 0 Å². The number of hydrogen-bond donors (Lipinski definition) is 1. The molecule has 3 rings (SSSR count). The average Bonchev–Trinajstić information content (AvgIpc) is 2.99. The van der Waals surface area contributed by atoms with Gasteiger partial charge in [0.25, 0.3) is 11.8 Å². The molecule has 1 heterocycles. The highest BCUT2D eigenvalue weighted by Gasteiger charge is 2.22. The lowest BCUT2D eigenvalue weighted by atomic mass is 10.1. The number of benzene rings is 2. The number of ether oxygens (including phenoxy) is 1. The van der Waals surface area contributed by atoms with Crippen molar-refractivity contribution in [3.05, 3.63) is 59.9 Å². The molecule has 1 saturated heterocycles. The SMILES string of the molecule is C[C@H](Oc1ccc(F)cc1)C(=O)Nc1ccccc1C(=O)N1CCCCCC1. The zero-order valence-corrected chi connectivity index (χ0v) is 16.0. The van der Waals surface area contributed by atoms with Crippen molar-refractivity contribution in [1.29, 1.82) is 0 Å². The van der Waals surface area contributed by atoms with Crippen molar-refractivity contribution in [2.45, 2.75) is 38.7 Å². The number of rotatable bonds is 5. The maximum absolute atomic E-state index is 13.0. The van der Waals surface area contributed by atoms with E-state index in [1.54, 1.807) is 31.2 Å². The first-order valence-electron chi connectivity index (χ1n) is 9.66. The topological polar surface area (TPSA) is 58.6 Å². The molecule has 0 saturated carbocycles. The molecule has 0 spiro atoms. The maximum atomic E-state index is 13.0. The van der Waals surface area contributed by atoms with Crippen LogP contribution in [0.15, 0.2) is 48.5 Å². The van der Waals surface area contributed by atoms with Gasteiger partial charge in [0, 0.05) is 13.1 Å². The van der Waals surface area contributed by atoms with Gasteiger partial charge in [-0.2, -0.15) is 0 Å². The van der Waals surface area contributed by atoms with E-state index in [0.29, 0.717) is 17.0 Å². The van der Waals surface area contributed by atoms with E-state index in [-0.39, 0.29) is 17.6 Å². The second-order valence-corrected chi connectivity index (χ2v) is 6.96. The van der Waals surface area contributed by atoms with Gasteiger partial charge in [-0.05, 0) is 56.2 Å². The summed E-state index contributed by atoms with van der Waals surface area (Å²) in [5, 5.41) is 2.79. The van der Waals surface area contributed by atoms with Crippen molar-refractivity contribution in [3.8, 4) is 5.75 Å². The quantitative estimate of drug-likeness (QED) is 0.838. The van der Waals surface area contributed by atoms with E-state index >= 15 is 0 Å². The largest absolute Gasteiger partial charge is 0.481 e. The number of likely N-dealkylation sites (tertiary alicyclic amines) is 1. The molecule has 2 aromatic carbocycles. The van der Waals surface area contributed by atoms with Crippen LogP contribution in [0.25, 0.3) is 0 Å². The first kappa shape index (κ1) is 19.9. The smallest absolute Gasteiger partial charge is 0.265 e. The van der Waals surface area contributed by atoms with E-state index in [1.807, 2.05) is 4.90 Å². The van der Waals surface area contributed by atoms with Crippen molar-refractivity contribution in [2.75, 3.05) is 18.4 Å². The van der Waals surface area contributed by atoms with Crippen molar-refractivity contribution >= 4 is 17.5 Å². The third kappa shape index (κ3) is 5.09. The van der Waals surface area contributed by atoms with Gasteiger partial charge in [-0.3, -0.25) is 9.59 Å². The van der Waals surface area contributed by atoms with Crippen LogP contribution in [0.5, 0.6) is 5.75 Å². The lowest BCUT2D eigenvalue weighted by Crippen LogP contribution is -2.34. The average molecular weight is 384 g/mol. The number of anilines is 1. The summed E-state index contributed by atoms with van der Waals surface area (Å²) in [6.07, 6.45) is 3.48. The van der Waals surface area contributed by atoms with Crippen molar-refractivity contribution in [2.24, 2.45) is 0 Å². The minimum Gasteiger partial charge on any atom is -0.481 e. The highest BCUT2D eigenvalue weighted by Crippen LogP contribution is 2.21. The summed E-state index contributed by atoms with van der Waals surface area (Å²) in [5.74, 6) is -0.409. The molecule has 1 aliphatic rings. The second kappa shape index (κ2) is 9.35. The molecule has 5 nitrogen and oxygen atoms in total. The lowest BCUT2D eigenvalue weighted by Gasteiger charge is -2.22. The normalized spacial score (nSPS) is 15.4. The summed E-state index contributed by atoms with van der Waals surface area (Å²) in [6, 6.07) is 12.5. The fourth-order valence-electron chi connectivity index (χ4n) is 3.23. The second-order valence-electron chi connectivity index (χ2n) is 6.96. The first-order chi connectivity index (χ1) is 13.5. The number of halogens is 1. The molecule has 1 N–H and O–H groups in total. The Labute approximate surface area is 164 Å². The summed E-state index contributed by atoms with van der Waals surface area (Å²) in [6.45, 7) is 3.09. The van der Waals surface area contributed by atoms with Crippen LogP contribution in [0, 0.1) is 5.82 Å². The Kier molecular flexibility index (Phi) is 6.63. The van der Waals surface area contributed by atoms with E-state index in [9.17, 15) is 14.0 Å². The molecule has 0 bridgehead atoms. The van der Waals surface area contributed by atoms with E-state index in [0.717, 1.165) is 38.8 Å². The summed E-state index contributed by atoms with van der Waals surface area (Å²) in [5.41, 5.74) is 0.947. The highest BCUT2D eigenvalue weighted by atomic mass is 19.1. The molecule has 6 heteroatoms.